The molecule has 8 heteroatoms. The number of nitrogens with one attached hydrogen (secondary N) is 1. The van der Waals surface area contributed by atoms with E-state index in [4.69, 9.17) is 0 Å². The monoisotopic (exact) mass is 370 g/mol. The Bertz CT molecular complexity index is 1000. The molecule has 136 valence electrons. The molecule has 1 aromatic heterocycles. The van der Waals surface area contributed by atoms with Crippen LogP contribution in [0.2, 0.25) is 0 Å². The number of carbonyl (C=O) groups excluding carboxylic acids is 1. The van der Waals surface area contributed by atoms with Crippen LogP contribution in [0.5, 0.6) is 0 Å². The van der Waals surface area contributed by atoms with Crippen molar-refractivity contribution >= 4 is 5.91 Å². The molecule has 5 nitrogen and oxygen atoms in total. The lowest BCUT2D eigenvalue weighted by Gasteiger charge is -2.08. The minimum absolute atomic E-state index is 0.0799. The standard InChI is InChI=1S/C19H13F3N4O/c20-19(21,22)16-11-5-4-7-14(16)8-6-12-23-18(27)17-13-24-26(25-17)15-9-2-1-3-10-15/h1-5,7,9-11,13H,12H2,(H,23,27). The van der Waals surface area contributed by atoms with E-state index in [-0.39, 0.29) is 17.8 Å². The summed E-state index contributed by atoms with van der Waals surface area (Å²) in [6, 6.07) is 14.0. The number of hydrogen-bond acceptors (Lipinski definition) is 3. The highest BCUT2D eigenvalue weighted by molar-refractivity contribution is 5.92. The molecule has 0 radical (unpaired) electrons. The summed E-state index contributed by atoms with van der Waals surface area (Å²) < 4.78 is 38.7. The van der Waals surface area contributed by atoms with Gasteiger partial charge in [0.05, 0.1) is 24.0 Å². The quantitative estimate of drug-likeness (QED) is 0.721. The highest BCUT2D eigenvalue weighted by Gasteiger charge is 2.32. The third kappa shape index (κ3) is 4.52. The van der Waals surface area contributed by atoms with Gasteiger partial charge in [-0.1, -0.05) is 42.2 Å². The Hall–Kier alpha value is -3.60. The van der Waals surface area contributed by atoms with Gasteiger partial charge in [0.25, 0.3) is 5.91 Å². The van der Waals surface area contributed by atoms with Crippen LogP contribution in [-0.4, -0.2) is 27.4 Å². The van der Waals surface area contributed by atoms with E-state index in [0.29, 0.717) is 5.69 Å². The molecule has 1 heterocycles. The van der Waals surface area contributed by atoms with Gasteiger partial charge >= 0.3 is 6.18 Å². The van der Waals surface area contributed by atoms with E-state index in [2.05, 4.69) is 27.4 Å². The number of benzene rings is 2. The van der Waals surface area contributed by atoms with Crippen molar-refractivity contribution in [2.24, 2.45) is 0 Å². The Kier molecular flexibility index (Phi) is 5.22. The van der Waals surface area contributed by atoms with Crippen molar-refractivity contribution in [2.75, 3.05) is 6.54 Å². The maximum absolute atomic E-state index is 12.9. The van der Waals surface area contributed by atoms with E-state index >= 15 is 0 Å². The van der Waals surface area contributed by atoms with Gasteiger partial charge in [-0.05, 0) is 24.3 Å². The zero-order chi connectivity index (χ0) is 19.3. The number of para-hydroxylation sites is 1. The molecule has 0 aliphatic heterocycles. The van der Waals surface area contributed by atoms with Crippen molar-refractivity contribution in [3.8, 4) is 17.5 Å². The molecule has 3 rings (SSSR count). The summed E-state index contributed by atoms with van der Waals surface area (Å²) >= 11 is 0. The fraction of sp³-hybridized carbons (Fsp3) is 0.105. The molecule has 3 aromatic rings. The molecule has 0 spiro atoms. The highest BCUT2D eigenvalue weighted by atomic mass is 19.4. The Labute approximate surface area is 152 Å². The third-order valence-corrected chi connectivity index (χ3v) is 3.50. The molecular weight excluding hydrogens is 357 g/mol. The molecule has 0 bridgehead atoms. The van der Waals surface area contributed by atoms with Gasteiger partial charge in [-0.25, -0.2) is 0 Å². The lowest BCUT2D eigenvalue weighted by molar-refractivity contribution is -0.137. The van der Waals surface area contributed by atoms with Gasteiger partial charge in [0.15, 0.2) is 5.69 Å². The Morgan fingerprint density at radius 3 is 2.52 bits per heavy atom. The SMILES string of the molecule is O=C(NCC#Cc1ccccc1C(F)(F)F)c1cnn(-c2ccccc2)n1. The van der Waals surface area contributed by atoms with Gasteiger partial charge in [-0.2, -0.15) is 23.1 Å². The molecule has 0 aliphatic carbocycles. The van der Waals surface area contributed by atoms with Gasteiger partial charge in [0, 0.05) is 5.56 Å². The smallest absolute Gasteiger partial charge is 0.340 e. The molecular formula is C19H13F3N4O. The lowest BCUT2D eigenvalue weighted by Crippen LogP contribution is -2.24. The number of rotatable bonds is 3. The molecule has 0 atom stereocenters. The second-order valence-corrected chi connectivity index (χ2v) is 5.38. The van der Waals surface area contributed by atoms with Crippen LogP contribution in [0.25, 0.3) is 5.69 Å². The van der Waals surface area contributed by atoms with E-state index < -0.39 is 17.6 Å². The average Bonchev–Trinajstić information content (AvgIpc) is 3.16. The molecule has 2 aromatic carbocycles. The summed E-state index contributed by atoms with van der Waals surface area (Å²) in [6.45, 7) is -0.122. The van der Waals surface area contributed by atoms with Crippen LogP contribution < -0.4 is 5.32 Å². The topological polar surface area (TPSA) is 59.8 Å². The van der Waals surface area contributed by atoms with Crippen molar-refractivity contribution in [3.05, 3.63) is 77.6 Å². The zero-order valence-corrected chi connectivity index (χ0v) is 13.9. The van der Waals surface area contributed by atoms with Crippen LogP contribution in [-0.2, 0) is 6.18 Å². The van der Waals surface area contributed by atoms with Crippen LogP contribution >= 0.6 is 0 Å². The number of aromatic nitrogens is 3. The molecule has 27 heavy (non-hydrogen) atoms. The molecule has 0 aliphatic rings. The molecule has 0 unspecified atom stereocenters. The van der Waals surface area contributed by atoms with Crippen molar-refractivity contribution < 1.29 is 18.0 Å². The lowest BCUT2D eigenvalue weighted by atomic mass is 10.1. The summed E-state index contributed by atoms with van der Waals surface area (Å²) in [5.74, 6) is 4.43. The number of alkyl halides is 3. The van der Waals surface area contributed by atoms with Gasteiger partial charge in [-0.15, -0.1) is 5.10 Å². The number of hydrogen-bond donors (Lipinski definition) is 1. The van der Waals surface area contributed by atoms with Crippen LogP contribution in [0.4, 0.5) is 13.2 Å². The average molecular weight is 370 g/mol. The van der Waals surface area contributed by atoms with E-state index in [9.17, 15) is 18.0 Å². The van der Waals surface area contributed by atoms with Crippen molar-refractivity contribution in [2.45, 2.75) is 6.18 Å². The maximum Gasteiger partial charge on any atom is 0.417 e. The largest absolute Gasteiger partial charge is 0.417 e. The minimum atomic E-state index is -4.48. The maximum atomic E-state index is 12.9. The van der Waals surface area contributed by atoms with E-state index in [0.717, 1.165) is 6.07 Å². The Morgan fingerprint density at radius 1 is 1.07 bits per heavy atom. The van der Waals surface area contributed by atoms with Crippen LogP contribution in [0.3, 0.4) is 0 Å². The van der Waals surface area contributed by atoms with E-state index in [1.807, 2.05) is 18.2 Å². The summed E-state index contributed by atoms with van der Waals surface area (Å²) in [5.41, 5.74) is -0.180. The summed E-state index contributed by atoms with van der Waals surface area (Å²) in [7, 11) is 0. The fourth-order valence-corrected chi connectivity index (χ4v) is 2.25. The summed E-state index contributed by atoms with van der Waals surface area (Å²) in [4.78, 5) is 13.4. The summed E-state index contributed by atoms with van der Waals surface area (Å²) in [6.07, 6.45) is -3.18. The number of carbonyl (C=O) groups is 1. The molecule has 1 N–H and O–H groups in total. The summed E-state index contributed by atoms with van der Waals surface area (Å²) in [5, 5.41) is 10.5. The molecule has 0 fully saturated rings. The van der Waals surface area contributed by atoms with Crippen molar-refractivity contribution in [1.29, 1.82) is 0 Å². The van der Waals surface area contributed by atoms with E-state index in [1.54, 1.807) is 12.1 Å². The highest BCUT2D eigenvalue weighted by Crippen LogP contribution is 2.31. The molecule has 1 amide bonds. The van der Waals surface area contributed by atoms with Gasteiger partial charge in [-0.3, -0.25) is 4.79 Å². The fourth-order valence-electron chi connectivity index (χ4n) is 2.25. The van der Waals surface area contributed by atoms with Crippen LogP contribution in [0, 0.1) is 11.8 Å². The van der Waals surface area contributed by atoms with Crippen molar-refractivity contribution in [1.82, 2.24) is 20.3 Å². The Morgan fingerprint density at radius 2 is 1.78 bits per heavy atom. The number of nitrogens with zero attached hydrogens (tertiary/aromatic N) is 3. The predicted molar refractivity (Wildman–Crippen MR) is 92.0 cm³/mol. The van der Waals surface area contributed by atoms with Gasteiger partial charge in [0.1, 0.15) is 0 Å². The first kappa shape index (κ1) is 18.2. The van der Waals surface area contributed by atoms with Crippen LogP contribution in [0.1, 0.15) is 21.6 Å². The minimum Gasteiger partial charge on any atom is -0.340 e. The first-order chi connectivity index (χ1) is 12.9. The van der Waals surface area contributed by atoms with E-state index in [1.165, 1.54) is 29.2 Å². The van der Waals surface area contributed by atoms with Crippen molar-refractivity contribution in [3.63, 3.8) is 0 Å². The first-order valence-corrected chi connectivity index (χ1v) is 7.86. The third-order valence-electron chi connectivity index (χ3n) is 3.50. The Balaban J connectivity index is 1.64. The number of amides is 1. The second kappa shape index (κ2) is 7.74. The predicted octanol–water partition coefficient (Wildman–Crippen LogP) is 3.07. The first-order valence-electron chi connectivity index (χ1n) is 7.86. The van der Waals surface area contributed by atoms with Crippen LogP contribution in [0.15, 0.2) is 60.8 Å². The van der Waals surface area contributed by atoms with Gasteiger partial charge < -0.3 is 5.32 Å². The van der Waals surface area contributed by atoms with Gasteiger partial charge in [0.2, 0.25) is 0 Å². The molecule has 0 saturated carbocycles. The second-order valence-electron chi connectivity index (χ2n) is 5.38. The normalized spacial score (nSPS) is 10.8. The number of halogens is 3. The zero-order valence-electron chi connectivity index (χ0n) is 13.9. The molecule has 0 saturated heterocycles.